The quantitative estimate of drug-likeness (QED) is 0.470. The van der Waals surface area contributed by atoms with E-state index in [0.717, 1.165) is 46.3 Å². The van der Waals surface area contributed by atoms with Crippen molar-refractivity contribution in [3.05, 3.63) is 71.2 Å². The van der Waals surface area contributed by atoms with Crippen LogP contribution in [0.2, 0.25) is 5.28 Å². The van der Waals surface area contributed by atoms with Crippen molar-refractivity contribution in [2.75, 3.05) is 0 Å². The first-order chi connectivity index (χ1) is 12.8. The number of aromatic nitrogens is 3. The van der Waals surface area contributed by atoms with Gasteiger partial charge in [0.2, 0.25) is 5.28 Å². The standard InChI is InChI=1S/C21H14ClN3O/c22-21-24-19(13-7-2-1-3-8-13)23-20(25-21)16-11-6-10-15-14-9-4-5-12-17(14)26-18(15)16/h1-4,6-11H,5,12H2. The third-order valence-corrected chi connectivity index (χ3v) is 4.70. The molecule has 2 aromatic heterocycles. The highest BCUT2D eigenvalue weighted by molar-refractivity contribution is 6.28. The van der Waals surface area contributed by atoms with Crippen LogP contribution in [0.1, 0.15) is 17.7 Å². The lowest BCUT2D eigenvalue weighted by molar-refractivity contribution is 0.547. The summed E-state index contributed by atoms with van der Waals surface area (Å²) in [6.45, 7) is 0. The van der Waals surface area contributed by atoms with E-state index in [4.69, 9.17) is 16.0 Å². The van der Waals surface area contributed by atoms with Crippen LogP contribution >= 0.6 is 11.6 Å². The Morgan fingerprint density at radius 2 is 1.73 bits per heavy atom. The van der Waals surface area contributed by atoms with Gasteiger partial charge in [0.1, 0.15) is 11.3 Å². The van der Waals surface area contributed by atoms with Gasteiger partial charge in [-0.05, 0) is 24.1 Å². The Morgan fingerprint density at radius 3 is 2.62 bits per heavy atom. The van der Waals surface area contributed by atoms with E-state index in [1.807, 2.05) is 42.5 Å². The second-order valence-electron chi connectivity index (χ2n) is 6.18. The summed E-state index contributed by atoms with van der Waals surface area (Å²) in [5.74, 6) is 2.08. The van der Waals surface area contributed by atoms with Crippen LogP contribution in [0.15, 0.2) is 59.0 Å². The average molecular weight is 360 g/mol. The molecule has 4 nitrogen and oxygen atoms in total. The lowest BCUT2D eigenvalue weighted by atomic mass is 10.0. The lowest BCUT2D eigenvalue weighted by Crippen LogP contribution is -1.97. The summed E-state index contributed by atoms with van der Waals surface area (Å²) in [5.41, 5.74) is 3.67. The topological polar surface area (TPSA) is 51.8 Å². The number of hydrogen-bond acceptors (Lipinski definition) is 4. The number of allylic oxidation sites excluding steroid dienone is 1. The number of aryl methyl sites for hydroxylation is 1. The van der Waals surface area contributed by atoms with Gasteiger partial charge in [-0.2, -0.15) is 9.97 Å². The van der Waals surface area contributed by atoms with Crippen molar-refractivity contribution in [3.8, 4) is 22.8 Å². The van der Waals surface area contributed by atoms with Gasteiger partial charge in [0.05, 0.1) is 5.56 Å². The number of hydrogen-bond donors (Lipinski definition) is 0. The molecule has 0 saturated heterocycles. The maximum absolute atomic E-state index is 6.20. The van der Waals surface area contributed by atoms with Gasteiger partial charge in [-0.15, -0.1) is 0 Å². The van der Waals surface area contributed by atoms with E-state index in [-0.39, 0.29) is 5.28 Å². The molecule has 4 aromatic rings. The predicted molar refractivity (Wildman–Crippen MR) is 103 cm³/mol. The van der Waals surface area contributed by atoms with Crippen LogP contribution in [0.25, 0.3) is 39.8 Å². The van der Waals surface area contributed by atoms with Gasteiger partial charge in [-0.3, -0.25) is 0 Å². The van der Waals surface area contributed by atoms with E-state index >= 15 is 0 Å². The number of fused-ring (bicyclic) bond motifs is 3. The first-order valence-electron chi connectivity index (χ1n) is 8.48. The first-order valence-corrected chi connectivity index (χ1v) is 8.86. The SMILES string of the molecule is Clc1nc(-c2ccccc2)nc(-c2cccc3c4c(oc23)CCC=C4)n1. The summed E-state index contributed by atoms with van der Waals surface area (Å²) >= 11 is 6.20. The molecule has 0 bridgehead atoms. The van der Waals surface area contributed by atoms with E-state index in [1.54, 1.807) is 0 Å². The molecule has 5 heteroatoms. The van der Waals surface area contributed by atoms with Crippen LogP contribution in [0.3, 0.4) is 0 Å². The lowest BCUT2D eigenvalue weighted by Gasteiger charge is -2.05. The number of rotatable bonds is 2. The molecule has 0 N–H and O–H groups in total. The van der Waals surface area contributed by atoms with E-state index in [2.05, 4.69) is 33.2 Å². The minimum Gasteiger partial charge on any atom is -0.460 e. The van der Waals surface area contributed by atoms with Gasteiger partial charge in [0, 0.05) is 22.9 Å². The molecular weight excluding hydrogens is 346 g/mol. The van der Waals surface area contributed by atoms with Crippen molar-refractivity contribution < 1.29 is 4.42 Å². The maximum atomic E-state index is 6.20. The van der Waals surface area contributed by atoms with Crippen LogP contribution in [-0.2, 0) is 6.42 Å². The Kier molecular flexibility index (Phi) is 3.57. The monoisotopic (exact) mass is 359 g/mol. The third-order valence-electron chi connectivity index (χ3n) is 4.53. The van der Waals surface area contributed by atoms with Gasteiger partial charge >= 0.3 is 0 Å². The highest BCUT2D eigenvalue weighted by Gasteiger charge is 2.19. The zero-order valence-electron chi connectivity index (χ0n) is 13.8. The van der Waals surface area contributed by atoms with Crippen molar-refractivity contribution in [2.24, 2.45) is 0 Å². The molecule has 0 spiro atoms. The van der Waals surface area contributed by atoms with Crippen molar-refractivity contribution in [1.82, 2.24) is 15.0 Å². The zero-order valence-corrected chi connectivity index (χ0v) is 14.6. The van der Waals surface area contributed by atoms with Gasteiger partial charge in [0.15, 0.2) is 11.6 Å². The molecule has 2 heterocycles. The molecule has 0 amide bonds. The highest BCUT2D eigenvalue weighted by atomic mass is 35.5. The Morgan fingerprint density at radius 1 is 0.885 bits per heavy atom. The van der Waals surface area contributed by atoms with Gasteiger partial charge < -0.3 is 4.42 Å². The summed E-state index contributed by atoms with van der Waals surface area (Å²) in [6, 6.07) is 15.8. The summed E-state index contributed by atoms with van der Waals surface area (Å²) < 4.78 is 6.17. The fraction of sp³-hybridized carbons (Fsp3) is 0.0952. The molecule has 0 radical (unpaired) electrons. The summed E-state index contributed by atoms with van der Waals surface area (Å²) in [4.78, 5) is 13.3. The molecule has 0 aliphatic heterocycles. The molecule has 26 heavy (non-hydrogen) atoms. The summed E-state index contributed by atoms with van der Waals surface area (Å²) in [5, 5.41) is 1.24. The van der Waals surface area contributed by atoms with Crippen LogP contribution < -0.4 is 0 Å². The minimum absolute atomic E-state index is 0.169. The molecule has 0 atom stereocenters. The molecule has 126 valence electrons. The van der Waals surface area contributed by atoms with Crippen molar-refractivity contribution in [2.45, 2.75) is 12.8 Å². The second kappa shape index (κ2) is 6.07. The predicted octanol–water partition coefficient (Wildman–Crippen LogP) is 5.56. The van der Waals surface area contributed by atoms with Crippen LogP contribution in [0.4, 0.5) is 0 Å². The third kappa shape index (κ3) is 2.50. The Labute approximate surface area is 155 Å². The maximum Gasteiger partial charge on any atom is 0.226 e. The average Bonchev–Trinajstić information content (AvgIpc) is 3.07. The van der Waals surface area contributed by atoms with E-state index in [9.17, 15) is 0 Å². The summed E-state index contributed by atoms with van der Waals surface area (Å²) in [7, 11) is 0. The molecular formula is C21H14ClN3O. The Balaban J connectivity index is 1.72. The Hall–Kier alpha value is -2.98. The van der Waals surface area contributed by atoms with Gasteiger partial charge in [0.25, 0.3) is 0 Å². The Bertz CT molecular complexity index is 1150. The largest absolute Gasteiger partial charge is 0.460 e. The van der Waals surface area contributed by atoms with Crippen molar-refractivity contribution in [1.29, 1.82) is 0 Å². The van der Waals surface area contributed by atoms with Crippen LogP contribution in [0, 0.1) is 0 Å². The fourth-order valence-corrected chi connectivity index (χ4v) is 3.49. The van der Waals surface area contributed by atoms with Gasteiger partial charge in [-0.25, -0.2) is 4.98 Å². The fourth-order valence-electron chi connectivity index (χ4n) is 3.33. The van der Waals surface area contributed by atoms with E-state index in [1.165, 1.54) is 0 Å². The van der Waals surface area contributed by atoms with Crippen LogP contribution in [0.5, 0.6) is 0 Å². The number of para-hydroxylation sites is 1. The number of nitrogens with zero attached hydrogens (tertiary/aromatic N) is 3. The molecule has 1 aliphatic carbocycles. The first kappa shape index (κ1) is 15.3. The van der Waals surface area contributed by atoms with E-state index < -0.39 is 0 Å². The van der Waals surface area contributed by atoms with Crippen LogP contribution in [-0.4, -0.2) is 15.0 Å². The van der Waals surface area contributed by atoms with Crippen molar-refractivity contribution >= 4 is 28.6 Å². The highest BCUT2D eigenvalue weighted by Crippen LogP contribution is 2.36. The molecule has 2 aromatic carbocycles. The van der Waals surface area contributed by atoms with E-state index in [0.29, 0.717) is 11.6 Å². The van der Waals surface area contributed by atoms with Gasteiger partial charge in [-0.1, -0.05) is 54.6 Å². The zero-order chi connectivity index (χ0) is 17.5. The molecule has 0 fully saturated rings. The summed E-state index contributed by atoms with van der Waals surface area (Å²) in [6.07, 6.45) is 6.21. The number of halogens is 1. The smallest absolute Gasteiger partial charge is 0.226 e. The molecule has 0 unspecified atom stereocenters. The normalized spacial score (nSPS) is 13.1. The number of furan rings is 1. The number of benzene rings is 2. The molecule has 1 aliphatic rings. The molecule has 5 rings (SSSR count). The second-order valence-corrected chi connectivity index (χ2v) is 6.52. The molecule has 0 saturated carbocycles. The minimum atomic E-state index is 0.169. The van der Waals surface area contributed by atoms with Crippen molar-refractivity contribution in [3.63, 3.8) is 0 Å².